The van der Waals surface area contributed by atoms with Crippen LogP contribution >= 0.6 is 0 Å². The lowest BCUT2D eigenvalue weighted by molar-refractivity contribution is -0.124. The second-order valence-electron chi connectivity index (χ2n) is 8.63. The Balaban J connectivity index is 1.61. The summed E-state index contributed by atoms with van der Waals surface area (Å²) in [6.45, 7) is 8.57. The van der Waals surface area contributed by atoms with E-state index in [9.17, 15) is 9.18 Å². The number of hydrogen-bond acceptors (Lipinski definition) is 3. The van der Waals surface area contributed by atoms with Gasteiger partial charge in [-0.1, -0.05) is 38.1 Å². The third-order valence-electron chi connectivity index (χ3n) is 5.48. The number of guanidine groups is 1. The van der Waals surface area contributed by atoms with E-state index in [1.807, 2.05) is 37.3 Å². The fourth-order valence-corrected chi connectivity index (χ4v) is 3.58. The molecule has 32 heavy (non-hydrogen) atoms. The molecule has 1 saturated heterocycles. The predicted molar refractivity (Wildman–Crippen MR) is 126 cm³/mol. The number of carbonyl (C=O) groups excluding carboxylic acids is 1. The van der Waals surface area contributed by atoms with Crippen LogP contribution in [-0.4, -0.2) is 37.7 Å². The third kappa shape index (κ3) is 6.79. The number of anilines is 1. The number of rotatable bonds is 8. The van der Waals surface area contributed by atoms with Crippen molar-refractivity contribution in [2.75, 3.05) is 25.0 Å². The molecule has 3 N–H and O–H groups in total. The second-order valence-corrected chi connectivity index (χ2v) is 8.63. The zero-order chi connectivity index (χ0) is 23.0. The van der Waals surface area contributed by atoms with E-state index in [2.05, 4.69) is 34.8 Å². The van der Waals surface area contributed by atoms with Crippen LogP contribution in [0.2, 0.25) is 0 Å². The number of ether oxygens (including phenoxy) is 1. The number of nitrogens with one attached hydrogen (secondary N) is 3. The number of carbonyl (C=O) groups is 1. The van der Waals surface area contributed by atoms with Crippen molar-refractivity contribution in [3.05, 3.63) is 65.5 Å². The topological polar surface area (TPSA) is 74.8 Å². The van der Waals surface area contributed by atoms with Crippen LogP contribution in [0.4, 0.5) is 10.1 Å². The molecule has 0 saturated carbocycles. The van der Waals surface area contributed by atoms with Gasteiger partial charge < -0.3 is 20.7 Å². The highest BCUT2D eigenvalue weighted by Crippen LogP contribution is 2.23. The number of aliphatic imine (C=N–C) groups is 1. The molecular weight excluding hydrogens is 407 g/mol. The fraction of sp³-hybridized carbons (Fsp3) is 0.440. The zero-order valence-corrected chi connectivity index (χ0v) is 19.1. The molecule has 172 valence electrons. The second kappa shape index (κ2) is 11.1. The minimum Gasteiger partial charge on any atom is -0.368 e. The summed E-state index contributed by atoms with van der Waals surface area (Å²) in [7, 11) is 0. The van der Waals surface area contributed by atoms with E-state index in [0.717, 1.165) is 36.2 Å². The van der Waals surface area contributed by atoms with Crippen molar-refractivity contribution >= 4 is 17.6 Å². The lowest BCUT2D eigenvalue weighted by atomic mass is 9.84. The first-order valence-corrected chi connectivity index (χ1v) is 11.2. The zero-order valence-electron chi connectivity index (χ0n) is 19.1. The summed E-state index contributed by atoms with van der Waals surface area (Å²) in [6, 6.07) is 14.4. The van der Waals surface area contributed by atoms with Gasteiger partial charge in [0.05, 0.1) is 6.54 Å². The maximum atomic E-state index is 13.6. The van der Waals surface area contributed by atoms with Crippen molar-refractivity contribution in [3.8, 4) is 0 Å². The van der Waals surface area contributed by atoms with Crippen molar-refractivity contribution in [3.63, 3.8) is 0 Å². The van der Waals surface area contributed by atoms with Crippen molar-refractivity contribution in [2.24, 2.45) is 4.99 Å². The molecule has 1 atom stereocenters. The summed E-state index contributed by atoms with van der Waals surface area (Å²) in [4.78, 5) is 17.0. The van der Waals surface area contributed by atoms with Gasteiger partial charge in [-0.3, -0.25) is 4.79 Å². The average Bonchev–Trinajstić information content (AvgIpc) is 3.31. The minimum absolute atomic E-state index is 0.0993. The molecule has 7 heteroatoms. The number of hydrogen-bond donors (Lipinski definition) is 3. The Bertz CT molecular complexity index is 939. The van der Waals surface area contributed by atoms with Crippen molar-refractivity contribution in [2.45, 2.75) is 51.7 Å². The van der Waals surface area contributed by atoms with Crippen LogP contribution < -0.4 is 16.0 Å². The van der Waals surface area contributed by atoms with Gasteiger partial charge in [-0.25, -0.2) is 9.38 Å². The summed E-state index contributed by atoms with van der Waals surface area (Å²) < 4.78 is 19.1. The Labute approximate surface area is 189 Å². The van der Waals surface area contributed by atoms with Crippen molar-refractivity contribution in [1.82, 2.24) is 10.6 Å². The molecule has 2 aromatic rings. The lowest BCUT2D eigenvalue weighted by Gasteiger charge is -2.27. The van der Waals surface area contributed by atoms with Gasteiger partial charge in [0.15, 0.2) is 5.96 Å². The number of halogens is 1. The highest BCUT2D eigenvalue weighted by molar-refractivity contribution is 5.94. The van der Waals surface area contributed by atoms with Crippen LogP contribution in [0.1, 0.15) is 44.7 Å². The molecule has 0 aromatic heterocycles. The van der Waals surface area contributed by atoms with Crippen LogP contribution in [0.25, 0.3) is 0 Å². The lowest BCUT2D eigenvalue weighted by Crippen LogP contribution is -2.43. The van der Waals surface area contributed by atoms with Crippen LogP contribution in [-0.2, 0) is 21.5 Å². The molecule has 1 heterocycles. The molecule has 1 aliphatic rings. The van der Waals surface area contributed by atoms with E-state index in [-0.39, 0.29) is 23.2 Å². The Morgan fingerprint density at radius 1 is 1.19 bits per heavy atom. The van der Waals surface area contributed by atoms with Gasteiger partial charge >= 0.3 is 0 Å². The molecule has 1 fully saturated rings. The first kappa shape index (κ1) is 23.7. The Kier molecular flexibility index (Phi) is 8.22. The number of nitrogens with zero attached hydrogens (tertiary/aromatic N) is 1. The van der Waals surface area contributed by atoms with Gasteiger partial charge in [-0.2, -0.15) is 0 Å². The molecular formula is C25H33FN4O2. The van der Waals surface area contributed by atoms with Crippen LogP contribution in [0.15, 0.2) is 53.5 Å². The summed E-state index contributed by atoms with van der Waals surface area (Å²) >= 11 is 0. The van der Waals surface area contributed by atoms with E-state index in [0.29, 0.717) is 25.7 Å². The molecule has 1 amide bonds. The maximum Gasteiger partial charge on any atom is 0.253 e. The van der Waals surface area contributed by atoms with Gasteiger partial charge in [-0.15, -0.1) is 0 Å². The van der Waals surface area contributed by atoms with Crippen LogP contribution in [0.5, 0.6) is 0 Å². The number of amides is 1. The molecule has 3 rings (SSSR count). The quantitative estimate of drug-likeness (QED) is 0.429. The van der Waals surface area contributed by atoms with Gasteiger partial charge in [-0.05, 0) is 55.2 Å². The molecule has 0 aliphatic carbocycles. The molecule has 0 radical (unpaired) electrons. The monoisotopic (exact) mass is 440 g/mol. The summed E-state index contributed by atoms with van der Waals surface area (Å²) in [6.07, 6.45) is 1.32. The minimum atomic E-state index is -0.359. The standard InChI is InChI=1S/C25H33FN4O2/c1-4-27-24(29-17-25(2,3)19-9-6-10-20(26)15-19)28-16-18-8-5-11-21(14-18)30-23(31)22-12-7-13-32-22/h5-6,8-11,14-15,22H,4,7,12-13,16-17H2,1-3H3,(H,30,31)(H2,27,28,29). The van der Waals surface area contributed by atoms with Gasteiger partial charge in [0.2, 0.25) is 0 Å². The van der Waals surface area contributed by atoms with E-state index < -0.39 is 0 Å². The van der Waals surface area contributed by atoms with E-state index in [1.54, 1.807) is 12.1 Å². The normalized spacial score (nSPS) is 16.6. The van der Waals surface area contributed by atoms with E-state index in [4.69, 9.17) is 4.74 Å². The average molecular weight is 441 g/mol. The Morgan fingerprint density at radius 2 is 2.00 bits per heavy atom. The molecule has 6 nitrogen and oxygen atoms in total. The van der Waals surface area contributed by atoms with E-state index >= 15 is 0 Å². The fourth-order valence-electron chi connectivity index (χ4n) is 3.58. The molecule has 2 aromatic carbocycles. The Hall–Kier alpha value is -2.93. The van der Waals surface area contributed by atoms with Crippen molar-refractivity contribution in [1.29, 1.82) is 0 Å². The number of benzene rings is 2. The highest BCUT2D eigenvalue weighted by atomic mass is 19.1. The SMILES string of the molecule is CCNC(=NCc1cccc(NC(=O)C2CCCO2)c1)NCC(C)(C)c1cccc(F)c1. The van der Waals surface area contributed by atoms with Gasteiger partial charge in [0.25, 0.3) is 5.91 Å². The highest BCUT2D eigenvalue weighted by Gasteiger charge is 2.23. The van der Waals surface area contributed by atoms with Crippen LogP contribution in [0.3, 0.4) is 0 Å². The smallest absolute Gasteiger partial charge is 0.253 e. The molecule has 0 bridgehead atoms. The first-order chi connectivity index (χ1) is 15.4. The maximum absolute atomic E-state index is 13.6. The van der Waals surface area contributed by atoms with Crippen LogP contribution in [0, 0.1) is 5.82 Å². The first-order valence-electron chi connectivity index (χ1n) is 11.2. The third-order valence-corrected chi connectivity index (χ3v) is 5.48. The summed E-state index contributed by atoms with van der Waals surface area (Å²) in [5.74, 6) is 0.353. The molecule has 1 aliphatic heterocycles. The van der Waals surface area contributed by atoms with Gasteiger partial charge in [0.1, 0.15) is 11.9 Å². The largest absolute Gasteiger partial charge is 0.368 e. The molecule has 0 spiro atoms. The van der Waals surface area contributed by atoms with Crippen molar-refractivity contribution < 1.29 is 13.9 Å². The van der Waals surface area contributed by atoms with E-state index in [1.165, 1.54) is 6.07 Å². The van der Waals surface area contributed by atoms with Gasteiger partial charge in [0, 0.05) is 30.8 Å². The summed E-state index contributed by atoms with van der Waals surface area (Å²) in [5.41, 5.74) is 2.38. The summed E-state index contributed by atoms with van der Waals surface area (Å²) in [5, 5.41) is 9.54. The Morgan fingerprint density at radius 3 is 2.72 bits per heavy atom. The predicted octanol–water partition coefficient (Wildman–Crippen LogP) is 3.98. The molecule has 1 unspecified atom stereocenters.